The fraction of sp³-hybridized carbons (Fsp3) is 0.520. The van der Waals surface area contributed by atoms with E-state index < -0.39 is 8.32 Å². The maximum atomic E-state index is 10.2. The van der Waals surface area contributed by atoms with Gasteiger partial charge >= 0.3 is 0 Å². The van der Waals surface area contributed by atoms with Crippen molar-refractivity contribution in [3.63, 3.8) is 0 Å². The molecule has 0 bridgehead atoms. The van der Waals surface area contributed by atoms with Gasteiger partial charge in [-0.1, -0.05) is 51.1 Å². The number of benzene rings is 2. The van der Waals surface area contributed by atoms with Crippen LogP contribution in [0.5, 0.6) is 5.75 Å². The molecule has 0 aliphatic rings. The van der Waals surface area contributed by atoms with Crippen molar-refractivity contribution >= 4 is 14.0 Å². The van der Waals surface area contributed by atoms with Crippen molar-refractivity contribution in [2.24, 2.45) is 5.92 Å². The van der Waals surface area contributed by atoms with E-state index in [-0.39, 0.29) is 23.6 Å². The van der Waals surface area contributed by atoms with Crippen molar-refractivity contribution in [3.05, 3.63) is 60.2 Å². The number of anilines is 1. The van der Waals surface area contributed by atoms with Crippen molar-refractivity contribution in [1.29, 1.82) is 0 Å². The van der Waals surface area contributed by atoms with Gasteiger partial charge in [0.15, 0.2) is 8.32 Å². The number of aliphatic hydroxyl groups excluding tert-OH is 1. The molecule has 0 saturated carbocycles. The second-order valence-corrected chi connectivity index (χ2v) is 14.3. The van der Waals surface area contributed by atoms with Crippen LogP contribution in [-0.2, 0) is 4.43 Å². The molecule has 0 spiro atoms. The highest BCUT2D eigenvalue weighted by Crippen LogP contribution is 2.37. The molecule has 2 rings (SSSR count). The zero-order valence-electron chi connectivity index (χ0n) is 19.4. The average molecular weight is 430 g/mol. The molecule has 0 aliphatic carbocycles. The van der Waals surface area contributed by atoms with Gasteiger partial charge in [-0.15, -0.1) is 0 Å². The summed E-state index contributed by atoms with van der Waals surface area (Å²) in [5.74, 6) is 0.927. The lowest BCUT2D eigenvalue weighted by atomic mass is 9.89. The zero-order chi connectivity index (χ0) is 22.2. The van der Waals surface area contributed by atoms with Crippen molar-refractivity contribution in [3.8, 4) is 5.75 Å². The molecule has 2 N–H and O–H groups in total. The van der Waals surface area contributed by atoms with Gasteiger partial charge in [0.1, 0.15) is 5.75 Å². The topological polar surface area (TPSA) is 50.7 Å². The van der Waals surface area contributed by atoms with Gasteiger partial charge in [-0.2, -0.15) is 0 Å². The number of nitrogens with one attached hydrogen (secondary N) is 1. The van der Waals surface area contributed by atoms with Gasteiger partial charge in [0.2, 0.25) is 0 Å². The van der Waals surface area contributed by atoms with Crippen LogP contribution in [0.4, 0.5) is 5.69 Å². The SMILES string of the molecule is COc1ccc(N[C@H](c2ccccc2)[C@@H](CO)CCCO[Si](C)(C)C(C)(C)C)cc1. The Morgan fingerprint density at radius 2 is 1.63 bits per heavy atom. The smallest absolute Gasteiger partial charge is 0.191 e. The predicted molar refractivity (Wildman–Crippen MR) is 129 cm³/mol. The van der Waals surface area contributed by atoms with E-state index >= 15 is 0 Å². The van der Waals surface area contributed by atoms with E-state index in [1.807, 2.05) is 42.5 Å². The Balaban J connectivity index is 2.07. The minimum atomic E-state index is -1.74. The molecule has 2 aromatic rings. The van der Waals surface area contributed by atoms with Crippen LogP contribution in [0, 0.1) is 5.92 Å². The highest BCUT2D eigenvalue weighted by Gasteiger charge is 2.37. The van der Waals surface area contributed by atoms with E-state index in [1.165, 1.54) is 5.56 Å². The molecule has 0 amide bonds. The van der Waals surface area contributed by atoms with E-state index in [2.05, 4.69) is 51.3 Å². The first-order valence-electron chi connectivity index (χ1n) is 10.9. The summed E-state index contributed by atoms with van der Waals surface area (Å²) in [6.07, 6.45) is 1.83. The van der Waals surface area contributed by atoms with Crippen LogP contribution in [0.25, 0.3) is 0 Å². The van der Waals surface area contributed by atoms with E-state index in [4.69, 9.17) is 9.16 Å². The summed E-state index contributed by atoms with van der Waals surface area (Å²) in [6.45, 7) is 12.2. The van der Waals surface area contributed by atoms with Crippen LogP contribution in [0.2, 0.25) is 18.1 Å². The van der Waals surface area contributed by atoms with Crippen LogP contribution < -0.4 is 10.1 Å². The van der Waals surface area contributed by atoms with Gasteiger partial charge < -0.3 is 19.6 Å². The fourth-order valence-corrected chi connectivity index (χ4v) is 4.34. The van der Waals surface area contributed by atoms with Crippen molar-refractivity contribution in [2.75, 3.05) is 25.6 Å². The number of aliphatic hydroxyl groups is 1. The van der Waals surface area contributed by atoms with E-state index in [0.29, 0.717) is 0 Å². The lowest BCUT2D eigenvalue weighted by Gasteiger charge is -2.36. The molecular formula is C25H39NO3Si. The third-order valence-electron chi connectivity index (χ3n) is 6.27. The molecule has 30 heavy (non-hydrogen) atoms. The lowest BCUT2D eigenvalue weighted by Crippen LogP contribution is -2.41. The first-order valence-corrected chi connectivity index (χ1v) is 13.8. The minimum Gasteiger partial charge on any atom is -0.497 e. The Labute approximate surface area is 183 Å². The lowest BCUT2D eigenvalue weighted by molar-refractivity contribution is 0.187. The highest BCUT2D eigenvalue weighted by molar-refractivity contribution is 6.74. The monoisotopic (exact) mass is 429 g/mol. The molecule has 0 radical (unpaired) electrons. The summed E-state index contributed by atoms with van der Waals surface area (Å²) >= 11 is 0. The molecule has 0 heterocycles. The molecular weight excluding hydrogens is 390 g/mol. The molecule has 0 aliphatic heterocycles. The summed E-state index contributed by atoms with van der Waals surface area (Å²) in [6, 6.07) is 18.3. The standard InChI is InChI=1S/C25H39NO3Si/c1-25(2,3)30(5,6)29-18-10-13-21(19-27)24(20-11-8-7-9-12-20)26-22-14-16-23(28-4)17-15-22/h7-9,11-12,14-17,21,24,26-27H,10,13,18-19H2,1-6H3/t21-,24-/m1/s1. The number of hydrogen-bond donors (Lipinski definition) is 2. The fourth-order valence-electron chi connectivity index (χ4n) is 3.25. The largest absolute Gasteiger partial charge is 0.497 e. The third-order valence-corrected chi connectivity index (χ3v) is 10.8. The van der Waals surface area contributed by atoms with Gasteiger partial charge in [0.25, 0.3) is 0 Å². The van der Waals surface area contributed by atoms with Gasteiger partial charge in [-0.25, -0.2) is 0 Å². The van der Waals surface area contributed by atoms with Crippen LogP contribution in [0.15, 0.2) is 54.6 Å². The van der Waals surface area contributed by atoms with E-state index in [0.717, 1.165) is 30.9 Å². The first kappa shape index (κ1) is 24.4. The van der Waals surface area contributed by atoms with Crippen LogP contribution in [0.3, 0.4) is 0 Å². The maximum absolute atomic E-state index is 10.2. The van der Waals surface area contributed by atoms with Crippen LogP contribution in [-0.4, -0.2) is 33.7 Å². The Bertz CT molecular complexity index is 741. The molecule has 0 saturated heterocycles. The van der Waals surface area contributed by atoms with Crippen LogP contribution in [0.1, 0.15) is 45.2 Å². The number of hydrogen-bond acceptors (Lipinski definition) is 4. The summed E-state index contributed by atoms with van der Waals surface area (Å²) in [7, 11) is -0.0687. The summed E-state index contributed by atoms with van der Waals surface area (Å²) in [4.78, 5) is 0. The zero-order valence-corrected chi connectivity index (χ0v) is 20.4. The molecule has 0 aromatic heterocycles. The summed E-state index contributed by atoms with van der Waals surface area (Å²) in [5.41, 5.74) is 2.19. The number of ether oxygens (including phenoxy) is 1. The van der Waals surface area contributed by atoms with Crippen molar-refractivity contribution in [2.45, 2.75) is 57.8 Å². The second kappa shape index (κ2) is 11.0. The number of rotatable bonds is 11. The first-order chi connectivity index (χ1) is 14.2. The number of methoxy groups -OCH3 is 1. The Morgan fingerprint density at radius 3 is 2.17 bits per heavy atom. The Hall–Kier alpha value is -1.82. The second-order valence-electron chi connectivity index (χ2n) is 9.45. The third kappa shape index (κ3) is 6.86. The average Bonchev–Trinajstić information content (AvgIpc) is 2.73. The van der Waals surface area contributed by atoms with E-state index in [1.54, 1.807) is 7.11 Å². The van der Waals surface area contributed by atoms with Crippen molar-refractivity contribution in [1.82, 2.24) is 0 Å². The molecule has 5 heteroatoms. The van der Waals surface area contributed by atoms with Crippen molar-refractivity contribution < 1.29 is 14.3 Å². The molecule has 4 nitrogen and oxygen atoms in total. The summed E-state index contributed by atoms with van der Waals surface area (Å²) in [5, 5.41) is 14.1. The maximum Gasteiger partial charge on any atom is 0.191 e. The Kier molecular flexibility index (Phi) is 8.95. The van der Waals surface area contributed by atoms with Gasteiger partial charge in [-0.05, 0) is 60.8 Å². The normalized spacial score (nSPS) is 14.2. The van der Waals surface area contributed by atoms with Gasteiger partial charge in [0, 0.05) is 24.8 Å². The van der Waals surface area contributed by atoms with E-state index in [9.17, 15) is 5.11 Å². The van der Waals surface area contributed by atoms with Crippen LogP contribution >= 0.6 is 0 Å². The Morgan fingerprint density at radius 1 is 1.00 bits per heavy atom. The van der Waals surface area contributed by atoms with Gasteiger partial charge in [0.05, 0.1) is 13.2 Å². The molecule has 0 fully saturated rings. The minimum absolute atomic E-state index is 0.0254. The molecule has 166 valence electrons. The molecule has 2 atom stereocenters. The predicted octanol–water partition coefficient (Wildman–Crippen LogP) is 6.26. The molecule has 2 aromatic carbocycles. The molecule has 0 unspecified atom stereocenters. The highest BCUT2D eigenvalue weighted by atomic mass is 28.4. The quantitative estimate of drug-likeness (QED) is 0.327. The van der Waals surface area contributed by atoms with Gasteiger partial charge in [-0.3, -0.25) is 0 Å². The summed E-state index contributed by atoms with van der Waals surface area (Å²) < 4.78 is 11.6.